The van der Waals surface area contributed by atoms with E-state index >= 15 is 8.78 Å². The third-order valence-corrected chi connectivity index (χ3v) is 6.85. The quantitative estimate of drug-likeness (QED) is 0.195. The molecule has 0 amide bonds. The van der Waals surface area contributed by atoms with Crippen LogP contribution in [0.2, 0.25) is 0 Å². The zero-order chi connectivity index (χ0) is 28.6. The Labute approximate surface area is 231 Å². The molecular formula is C30H33F2N3O5. The monoisotopic (exact) mass is 553 g/mol. The van der Waals surface area contributed by atoms with Crippen LogP contribution in [0.4, 0.5) is 14.6 Å². The summed E-state index contributed by atoms with van der Waals surface area (Å²) in [6.45, 7) is 2.64. The standard InChI is InChI=1S/C30H33F2N3O5/c1-2-19-8-10-20(11-9-19)29(38)23-12-13-26(36)35(30(23)33)28-24(31)16-22(17-25(28)32)39-15-5-14-34-18-27(37)40-21-6-3-4-7-21/h8-13,16-17,21,34H,2-7,14-15,18,33H2,1H3. The number of esters is 1. The van der Waals surface area contributed by atoms with Gasteiger partial charge in [-0.25, -0.2) is 8.78 Å². The van der Waals surface area contributed by atoms with Crippen molar-refractivity contribution in [2.75, 3.05) is 25.4 Å². The van der Waals surface area contributed by atoms with Gasteiger partial charge in [0.1, 0.15) is 23.4 Å². The number of nitrogens with two attached hydrogens (primary N) is 1. The van der Waals surface area contributed by atoms with Gasteiger partial charge in [-0.2, -0.15) is 0 Å². The van der Waals surface area contributed by atoms with Crippen LogP contribution in [0, 0.1) is 11.6 Å². The number of anilines is 1. The van der Waals surface area contributed by atoms with Crippen molar-refractivity contribution in [3.05, 3.63) is 87.2 Å². The van der Waals surface area contributed by atoms with Gasteiger partial charge in [0.05, 0.1) is 18.7 Å². The van der Waals surface area contributed by atoms with Gasteiger partial charge in [0.15, 0.2) is 17.4 Å². The first-order valence-electron chi connectivity index (χ1n) is 13.5. The van der Waals surface area contributed by atoms with Gasteiger partial charge in [0.25, 0.3) is 5.56 Å². The van der Waals surface area contributed by atoms with Crippen molar-refractivity contribution in [2.24, 2.45) is 0 Å². The number of carbonyl (C=O) groups is 2. The summed E-state index contributed by atoms with van der Waals surface area (Å²) in [5.41, 5.74) is 5.94. The lowest BCUT2D eigenvalue weighted by molar-refractivity contribution is -0.147. The van der Waals surface area contributed by atoms with Gasteiger partial charge < -0.3 is 20.5 Å². The molecule has 1 fully saturated rings. The van der Waals surface area contributed by atoms with Crippen LogP contribution >= 0.6 is 0 Å². The average molecular weight is 554 g/mol. The molecule has 1 aromatic heterocycles. The van der Waals surface area contributed by atoms with Gasteiger partial charge >= 0.3 is 5.97 Å². The number of carbonyl (C=O) groups excluding carboxylic acids is 2. The fourth-order valence-corrected chi connectivity index (χ4v) is 4.67. The summed E-state index contributed by atoms with van der Waals surface area (Å²) in [4.78, 5) is 37.5. The number of nitrogen functional groups attached to an aromatic ring is 1. The van der Waals surface area contributed by atoms with Crippen LogP contribution in [0.25, 0.3) is 5.69 Å². The number of aryl methyl sites for hydroxylation is 1. The molecule has 4 rings (SSSR count). The maximum absolute atomic E-state index is 15.1. The number of hydrogen-bond acceptors (Lipinski definition) is 7. The molecule has 1 aliphatic carbocycles. The summed E-state index contributed by atoms with van der Waals surface area (Å²) < 4.78 is 41.7. The zero-order valence-electron chi connectivity index (χ0n) is 22.4. The van der Waals surface area contributed by atoms with E-state index in [0.29, 0.717) is 23.1 Å². The van der Waals surface area contributed by atoms with Crippen molar-refractivity contribution in [1.82, 2.24) is 9.88 Å². The van der Waals surface area contributed by atoms with Gasteiger partial charge in [-0.3, -0.25) is 19.0 Å². The summed E-state index contributed by atoms with van der Waals surface area (Å²) in [6.07, 6.45) is 5.25. The molecule has 8 nitrogen and oxygen atoms in total. The van der Waals surface area contributed by atoms with Crippen molar-refractivity contribution in [1.29, 1.82) is 0 Å². The Morgan fingerprint density at radius 2 is 1.73 bits per heavy atom. The topological polar surface area (TPSA) is 113 Å². The Balaban J connectivity index is 1.39. The van der Waals surface area contributed by atoms with E-state index in [2.05, 4.69) is 5.32 Å². The second kappa shape index (κ2) is 13.3. The average Bonchev–Trinajstić information content (AvgIpc) is 3.44. The van der Waals surface area contributed by atoms with Crippen LogP contribution in [0.1, 0.15) is 60.5 Å². The molecule has 1 saturated carbocycles. The zero-order valence-corrected chi connectivity index (χ0v) is 22.4. The lowest BCUT2D eigenvalue weighted by Crippen LogP contribution is -2.28. The summed E-state index contributed by atoms with van der Waals surface area (Å²) in [5, 5.41) is 2.96. The molecule has 10 heteroatoms. The predicted octanol–water partition coefficient (Wildman–Crippen LogP) is 4.34. The van der Waals surface area contributed by atoms with E-state index in [4.69, 9.17) is 15.2 Å². The second-order valence-electron chi connectivity index (χ2n) is 9.70. The third-order valence-electron chi connectivity index (χ3n) is 6.85. The van der Waals surface area contributed by atoms with E-state index in [-0.39, 0.29) is 42.4 Å². The first-order valence-corrected chi connectivity index (χ1v) is 13.5. The Bertz CT molecular complexity index is 1390. The molecule has 0 unspecified atom stereocenters. The molecule has 0 bridgehead atoms. The summed E-state index contributed by atoms with van der Waals surface area (Å²) in [7, 11) is 0. The minimum absolute atomic E-state index is 0.0116. The van der Waals surface area contributed by atoms with Gasteiger partial charge in [-0.1, -0.05) is 31.2 Å². The second-order valence-corrected chi connectivity index (χ2v) is 9.70. The van der Waals surface area contributed by atoms with E-state index in [1.165, 1.54) is 6.07 Å². The Morgan fingerprint density at radius 3 is 2.38 bits per heavy atom. The van der Waals surface area contributed by atoms with Gasteiger partial charge in [-0.05, 0) is 56.7 Å². The SMILES string of the molecule is CCc1ccc(C(=O)c2ccc(=O)n(-c3c(F)cc(OCCCNCC(=O)OC4CCCC4)cc3F)c2N)cc1. The number of ketones is 1. The smallest absolute Gasteiger partial charge is 0.320 e. The van der Waals surface area contributed by atoms with Crippen LogP contribution in [-0.2, 0) is 16.0 Å². The van der Waals surface area contributed by atoms with Gasteiger partial charge in [-0.15, -0.1) is 0 Å². The number of pyridine rings is 1. The molecule has 0 spiro atoms. The van der Waals surface area contributed by atoms with Crippen molar-refractivity contribution in [2.45, 2.75) is 51.6 Å². The normalized spacial score (nSPS) is 13.4. The van der Waals surface area contributed by atoms with E-state index < -0.39 is 28.7 Å². The van der Waals surface area contributed by atoms with Crippen LogP contribution < -0.4 is 21.3 Å². The first-order chi connectivity index (χ1) is 19.3. The molecule has 1 aliphatic rings. The van der Waals surface area contributed by atoms with Crippen LogP contribution in [-0.4, -0.2) is 42.1 Å². The van der Waals surface area contributed by atoms with E-state index in [0.717, 1.165) is 55.9 Å². The fraction of sp³-hybridized carbons (Fsp3) is 0.367. The number of nitrogens with one attached hydrogen (secondary N) is 1. The maximum Gasteiger partial charge on any atom is 0.320 e. The molecule has 40 heavy (non-hydrogen) atoms. The first kappa shape index (κ1) is 28.9. The maximum atomic E-state index is 15.1. The fourth-order valence-electron chi connectivity index (χ4n) is 4.67. The largest absolute Gasteiger partial charge is 0.493 e. The predicted molar refractivity (Wildman–Crippen MR) is 147 cm³/mol. The molecule has 2 aromatic carbocycles. The highest BCUT2D eigenvalue weighted by Crippen LogP contribution is 2.27. The number of nitrogens with zero attached hydrogens (tertiary/aromatic N) is 1. The molecule has 0 aliphatic heterocycles. The molecule has 0 radical (unpaired) electrons. The van der Waals surface area contributed by atoms with E-state index in [1.54, 1.807) is 24.3 Å². The number of ether oxygens (including phenoxy) is 2. The van der Waals surface area contributed by atoms with Crippen molar-refractivity contribution in [3.63, 3.8) is 0 Å². The number of hydrogen-bond donors (Lipinski definition) is 2. The van der Waals surface area contributed by atoms with Crippen LogP contribution in [0.5, 0.6) is 5.75 Å². The van der Waals surface area contributed by atoms with Crippen molar-refractivity contribution >= 4 is 17.6 Å². The number of benzene rings is 2. The summed E-state index contributed by atoms with van der Waals surface area (Å²) in [6, 6.07) is 11.1. The highest BCUT2D eigenvalue weighted by molar-refractivity contribution is 6.11. The number of halogens is 2. The van der Waals surface area contributed by atoms with Crippen molar-refractivity contribution < 1.29 is 27.8 Å². The third kappa shape index (κ3) is 6.93. The van der Waals surface area contributed by atoms with Crippen molar-refractivity contribution in [3.8, 4) is 11.4 Å². The highest BCUT2D eigenvalue weighted by Gasteiger charge is 2.22. The highest BCUT2D eigenvalue weighted by atomic mass is 19.1. The van der Waals surface area contributed by atoms with Gasteiger partial charge in [0.2, 0.25) is 0 Å². The Hall–Kier alpha value is -4.05. The van der Waals surface area contributed by atoms with E-state index in [1.807, 2.05) is 6.92 Å². The molecule has 212 valence electrons. The number of rotatable bonds is 12. The molecule has 3 aromatic rings. The lowest BCUT2D eigenvalue weighted by Gasteiger charge is -2.16. The minimum Gasteiger partial charge on any atom is -0.493 e. The van der Waals surface area contributed by atoms with Gasteiger partial charge in [0, 0.05) is 23.8 Å². The summed E-state index contributed by atoms with van der Waals surface area (Å²) >= 11 is 0. The summed E-state index contributed by atoms with van der Waals surface area (Å²) in [5.74, 6) is -3.38. The molecular weight excluding hydrogens is 520 g/mol. The Morgan fingerprint density at radius 1 is 1.05 bits per heavy atom. The molecule has 0 atom stereocenters. The van der Waals surface area contributed by atoms with Crippen LogP contribution in [0.15, 0.2) is 53.3 Å². The minimum atomic E-state index is -1.08. The van der Waals surface area contributed by atoms with Crippen LogP contribution in [0.3, 0.4) is 0 Å². The van der Waals surface area contributed by atoms with E-state index in [9.17, 15) is 14.4 Å². The number of aromatic nitrogens is 1. The Kier molecular flexibility index (Phi) is 9.65. The molecule has 1 heterocycles. The lowest BCUT2D eigenvalue weighted by atomic mass is 10.0. The molecule has 0 saturated heterocycles. The molecule has 3 N–H and O–H groups in total.